The van der Waals surface area contributed by atoms with Gasteiger partial charge in [0.2, 0.25) is 0 Å². The molecule has 1 aromatic rings. The highest BCUT2D eigenvalue weighted by atomic mass is 31.2. The summed E-state index contributed by atoms with van der Waals surface area (Å²) in [6.07, 6.45) is 3.67. The molecule has 1 aromatic heterocycles. The van der Waals surface area contributed by atoms with Crippen molar-refractivity contribution in [2.24, 2.45) is 0 Å². The highest BCUT2D eigenvalue weighted by Gasteiger charge is 2.08. The Bertz CT molecular complexity index is 538. The van der Waals surface area contributed by atoms with Gasteiger partial charge in [0.25, 0.3) is 5.56 Å². The Hall–Kier alpha value is -1.43. The maximum atomic E-state index is 11.2. The Balaban J connectivity index is 2.65. The molecule has 0 aliphatic heterocycles. The van der Waals surface area contributed by atoms with E-state index in [1.165, 1.54) is 29.0 Å². The molecule has 0 atom stereocenters. The van der Waals surface area contributed by atoms with Crippen LogP contribution in [0.5, 0.6) is 0 Å². The number of aromatic amines is 1. The molecule has 16 heavy (non-hydrogen) atoms. The molecule has 0 aromatic carbocycles. The Morgan fingerprint density at radius 2 is 2.06 bits per heavy atom. The molecule has 0 saturated carbocycles. The lowest BCUT2D eigenvalue weighted by Gasteiger charge is -2.00. The van der Waals surface area contributed by atoms with E-state index >= 15 is 0 Å². The molecule has 0 fully saturated rings. The standard InChI is InChI=1S/C8H11N2O5P/c11-7-3-5-10(8(12)9-7)4-1-2-6-16(13,14)15/h1-3,5H,4,6H2,(H,9,11,12)(H2,13,14,15)/b2-1-. The maximum Gasteiger partial charge on any atom is 0.329 e. The predicted octanol–water partition coefficient (Wildman–Crippen LogP) is -0.730. The van der Waals surface area contributed by atoms with Crippen LogP contribution in [0.4, 0.5) is 0 Å². The van der Waals surface area contributed by atoms with E-state index in [0.717, 1.165) is 0 Å². The summed E-state index contributed by atoms with van der Waals surface area (Å²) in [5, 5.41) is 0. The topological polar surface area (TPSA) is 112 Å². The molecule has 0 aliphatic rings. The number of hydrogen-bond donors (Lipinski definition) is 3. The lowest BCUT2D eigenvalue weighted by molar-refractivity contribution is 0.377. The molecule has 0 spiro atoms. The van der Waals surface area contributed by atoms with Gasteiger partial charge in [-0.15, -0.1) is 0 Å². The zero-order valence-electron chi connectivity index (χ0n) is 8.24. The molecule has 0 aliphatic carbocycles. The first-order chi connectivity index (χ1) is 7.38. The zero-order valence-corrected chi connectivity index (χ0v) is 9.13. The monoisotopic (exact) mass is 246 g/mol. The van der Waals surface area contributed by atoms with E-state index in [9.17, 15) is 14.2 Å². The van der Waals surface area contributed by atoms with E-state index < -0.39 is 18.8 Å². The SMILES string of the molecule is O=c1ccn(C/C=C\CP(=O)(O)O)c(=O)[nH]1. The van der Waals surface area contributed by atoms with Crippen molar-refractivity contribution in [1.29, 1.82) is 0 Å². The van der Waals surface area contributed by atoms with Gasteiger partial charge in [-0.1, -0.05) is 12.2 Å². The molecule has 1 heterocycles. The van der Waals surface area contributed by atoms with Crippen LogP contribution in [0.1, 0.15) is 0 Å². The van der Waals surface area contributed by atoms with Gasteiger partial charge in [-0.3, -0.25) is 18.9 Å². The van der Waals surface area contributed by atoms with Crippen molar-refractivity contribution in [3.8, 4) is 0 Å². The van der Waals surface area contributed by atoms with Crippen molar-refractivity contribution in [2.75, 3.05) is 6.16 Å². The van der Waals surface area contributed by atoms with Crippen molar-refractivity contribution >= 4 is 7.60 Å². The van der Waals surface area contributed by atoms with Crippen molar-refractivity contribution < 1.29 is 14.4 Å². The number of nitrogens with one attached hydrogen (secondary N) is 1. The van der Waals surface area contributed by atoms with Crippen molar-refractivity contribution in [3.05, 3.63) is 45.3 Å². The summed E-state index contributed by atoms with van der Waals surface area (Å²) < 4.78 is 11.7. The van der Waals surface area contributed by atoms with E-state index in [-0.39, 0.29) is 12.7 Å². The van der Waals surface area contributed by atoms with Gasteiger partial charge in [0.1, 0.15) is 0 Å². The highest BCUT2D eigenvalue weighted by molar-refractivity contribution is 7.51. The first-order valence-corrected chi connectivity index (χ1v) is 6.17. The third kappa shape index (κ3) is 4.39. The van der Waals surface area contributed by atoms with Crippen molar-refractivity contribution in [2.45, 2.75) is 6.54 Å². The van der Waals surface area contributed by atoms with E-state index in [2.05, 4.69) is 4.98 Å². The number of hydrogen-bond acceptors (Lipinski definition) is 3. The molecule has 0 bridgehead atoms. The minimum absolute atomic E-state index is 0.148. The minimum Gasteiger partial charge on any atom is -0.324 e. The number of H-pyrrole nitrogens is 1. The molecular weight excluding hydrogens is 235 g/mol. The lowest BCUT2D eigenvalue weighted by atomic mass is 10.5. The Morgan fingerprint density at radius 1 is 1.38 bits per heavy atom. The van der Waals surface area contributed by atoms with Crippen LogP contribution in [0, 0.1) is 0 Å². The van der Waals surface area contributed by atoms with E-state index in [1.807, 2.05) is 0 Å². The van der Waals surface area contributed by atoms with Crippen molar-refractivity contribution in [3.63, 3.8) is 0 Å². The molecule has 7 nitrogen and oxygen atoms in total. The van der Waals surface area contributed by atoms with Crippen LogP contribution in [0.15, 0.2) is 34.0 Å². The number of nitrogens with zero attached hydrogens (tertiary/aromatic N) is 1. The second kappa shape index (κ2) is 5.07. The molecule has 88 valence electrons. The van der Waals surface area contributed by atoms with Gasteiger partial charge in [-0.2, -0.15) is 0 Å². The summed E-state index contributed by atoms with van der Waals surface area (Å²) in [4.78, 5) is 41.0. The molecule has 0 amide bonds. The summed E-state index contributed by atoms with van der Waals surface area (Å²) in [6, 6.07) is 1.19. The van der Waals surface area contributed by atoms with E-state index in [0.29, 0.717) is 0 Å². The van der Waals surface area contributed by atoms with Gasteiger partial charge in [-0.05, 0) is 0 Å². The van der Waals surface area contributed by atoms with Crippen LogP contribution in [-0.2, 0) is 11.1 Å². The third-order valence-corrected chi connectivity index (χ3v) is 2.40. The second-order valence-corrected chi connectivity index (χ2v) is 4.78. The first-order valence-electron chi connectivity index (χ1n) is 4.38. The lowest BCUT2D eigenvalue weighted by Crippen LogP contribution is -2.28. The maximum absolute atomic E-state index is 11.2. The average Bonchev–Trinajstić information content (AvgIpc) is 2.13. The van der Waals surface area contributed by atoms with Gasteiger partial charge >= 0.3 is 13.3 Å². The summed E-state index contributed by atoms with van der Waals surface area (Å²) in [5.41, 5.74) is -1.05. The fourth-order valence-electron chi connectivity index (χ4n) is 0.988. The summed E-state index contributed by atoms with van der Waals surface area (Å²) in [5.74, 6) is 0. The molecule has 1 rings (SSSR count). The van der Waals surface area contributed by atoms with Gasteiger partial charge in [0, 0.05) is 18.8 Å². The predicted molar refractivity (Wildman–Crippen MR) is 57.4 cm³/mol. The third-order valence-electron chi connectivity index (χ3n) is 1.71. The van der Waals surface area contributed by atoms with Gasteiger partial charge in [-0.25, -0.2) is 4.79 Å². The van der Waals surface area contributed by atoms with Crippen LogP contribution in [0.25, 0.3) is 0 Å². The highest BCUT2D eigenvalue weighted by Crippen LogP contribution is 2.33. The first kappa shape index (κ1) is 12.6. The van der Waals surface area contributed by atoms with E-state index in [4.69, 9.17) is 9.79 Å². The second-order valence-electron chi connectivity index (χ2n) is 3.08. The quantitative estimate of drug-likeness (QED) is 0.479. The van der Waals surface area contributed by atoms with Gasteiger partial charge < -0.3 is 9.79 Å². The largest absolute Gasteiger partial charge is 0.329 e. The number of aromatic nitrogens is 2. The summed E-state index contributed by atoms with van der Waals surface area (Å²) in [6.45, 7) is 0.148. The fourth-order valence-corrected chi connectivity index (χ4v) is 1.41. The molecule has 8 heteroatoms. The number of rotatable bonds is 4. The zero-order chi connectivity index (χ0) is 12.2. The molecular formula is C8H11N2O5P. The van der Waals surface area contributed by atoms with Crippen LogP contribution in [0.2, 0.25) is 0 Å². The van der Waals surface area contributed by atoms with Crippen molar-refractivity contribution in [1.82, 2.24) is 9.55 Å². The van der Waals surface area contributed by atoms with Gasteiger partial charge in [0.05, 0.1) is 6.16 Å². The van der Waals surface area contributed by atoms with Crippen LogP contribution >= 0.6 is 7.60 Å². The Labute approximate surface area is 90.2 Å². The number of allylic oxidation sites excluding steroid dienone is 2. The van der Waals surface area contributed by atoms with Crippen LogP contribution in [0.3, 0.4) is 0 Å². The smallest absolute Gasteiger partial charge is 0.324 e. The average molecular weight is 246 g/mol. The molecule has 0 unspecified atom stereocenters. The van der Waals surface area contributed by atoms with Crippen LogP contribution < -0.4 is 11.2 Å². The van der Waals surface area contributed by atoms with Gasteiger partial charge in [0.15, 0.2) is 0 Å². The normalized spacial score (nSPS) is 12.1. The molecule has 3 N–H and O–H groups in total. The minimum atomic E-state index is -4.04. The van der Waals surface area contributed by atoms with E-state index in [1.54, 1.807) is 0 Å². The molecule has 0 saturated heterocycles. The summed E-state index contributed by atoms with van der Waals surface area (Å²) >= 11 is 0. The summed E-state index contributed by atoms with van der Waals surface area (Å²) in [7, 11) is -4.04. The Kier molecular flexibility index (Phi) is 4.00. The molecule has 0 radical (unpaired) electrons. The fraction of sp³-hybridized carbons (Fsp3) is 0.250. The Morgan fingerprint density at radius 3 is 2.62 bits per heavy atom. The van der Waals surface area contributed by atoms with Crippen LogP contribution in [-0.4, -0.2) is 25.5 Å².